The smallest absolute Gasteiger partial charge is 0.271 e. The first-order valence-corrected chi connectivity index (χ1v) is 9.83. The standard InChI is InChI=1S/C22H25N7O2/c1-13(2)10-17(20(23)30)28-18-12-26-19(21(24)31)22(29-18)27-16-5-3-4-15(11-16)14-6-8-25-9-7-14/h3-9,11-13,17H,10H2,1-2H3,(H2,23,30)(H2,24,31)(H2,27,28,29). The summed E-state index contributed by atoms with van der Waals surface area (Å²) in [6.45, 7) is 3.98. The molecule has 2 heterocycles. The molecule has 1 aromatic carbocycles. The maximum absolute atomic E-state index is 11.9. The summed E-state index contributed by atoms with van der Waals surface area (Å²) in [4.78, 5) is 36.2. The largest absolute Gasteiger partial charge is 0.368 e. The topological polar surface area (TPSA) is 149 Å². The first-order valence-electron chi connectivity index (χ1n) is 9.83. The van der Waals surface area contributed by atoms with Crippen molar-refractivity contribution in [2.24, 2.45) is 17.4 Å². The molecule has 1 atom stereocenters. The number of carbonyl (C=O) groups is 2. The molecule has 31 heavy (non-hydrogen) atoms. The van der Waals surface area contributed by atoms with Crippen molar-refractivity contribution in [2.45, 2.75) is 26.3 Å². The first kappa shape index (κ1) is 21.7. The second kappa shape index (κ2) is 9.66. The fourth-order valence-corrected chi connectivity index (χ4v) is 3.08. The molecule has 0 spiro atoms. The summed E-state index contributed by atoms with van der Waals surface area (Å²) in [5.41, 5.74) is 13.6. The molecular weight excluding hydrogens is 394 g/mol. The Balaban J connectivity index is 1.90. The molecule has 0 aliphatic carbocycles. The van der Waals surface area contributed by atoms with Crippen molar-refractivity contribution >= 4 is 29.1 Å². The van der Waals surface area contributed by atoms with Gasteiger partial charge in [0.1, 0.15) is 11.9 Å². The molecule has 3 aromatic rings. The van der Waals surface area contributed by atoms with Gasteiger partial charge < -0.3 is 22.1 Å². The van der Waals surface area contributed by atoms with Crippen molar-refractivity contribution in [1.82, 2.24) is 15.0 Å². The molecule has 9 heteroatoms. The number of hydrogen-bond donors (Lipinski definition) is 4. The lowest BCUT2D eigenvalue weighted by Crippen LogP contribution is -2.37. The predicted octanol–water partition coefficient (Wildman–Crippen LogP) is 2.69. The molecule has 0 aliphatic heterocycles. The fourth-order valence-electron chi connectivity index (χ4n) is 3.08. The highest BCUT2D eigenvalue weighted by molar-refractivity contribution is 5.96. The van der Waals surface area contributed by atoms with Crippen LogP contribution in [0.15, 0.2) is 55.0 Å². The normalized spacial score (nSPS) is 11.7. The molecule has 2 aromatic heterocycles. The van der Waals surface area contributed by atoms with Crippen LogP contribution in [-0.4, -0.2) is 32.8 Å². The van der Waals surface area contributed by atoms with E-state index in [1.165, 1.54) is 6.20 Å². The summed E-state index contributed by atoms with van der Waals surface area (Å²) in [5, 5.41) is 6.09. The second-order valence-corrected chi connectivity index (χ2v) is 7.49. The predicted molar refractivity (Wildman–Crippen MR) is 120 cm³/mol. The molecule has 1 unspecified atom stereocenters. The average Bonchev–Trinajstić information content (AvgIpc) is 2.74. The van der Waals surface area contributed by atoms with Crippen molar-refractivity contribution in [3.63, 3.8) is 0 Å². The number of carbonyl (C=O) groups excluding carboxylic acids is 2. The van der Waals surface area contributed by atoms with Crippen molar-refractivity contribution in [3.05, 3.63) is 60.7 Å². The highest BCUT2D eigenvalue weighted by atomic mass is 16.1. The number of amides is 2. The SMILES string of the molecule is CC(C)CC(Nc1cnc(C(N)=O)c(Nc2cccc(-c3ccncc3)c2)n1)C(N)=O. The van der Waals surface area contributed by atoms with E-state index < -0.39 is 17.9 Å². The number of rotatable bonds is 9. The van der Waals surface area contributed by atoms with Crippen LogP contribution in [0, 0.1) is 5.92 Å². The maximum atomic E-state index is 11.9. The number of primary amides is 2. The monoisotopic (exact) mass is 419 g/mol. The summed E-state index contributed by atoms with van der Waals surface area (Å²) >= 11 is 0. The molecular formula is C22H25N7O2. The quantitative estimate of drug-likeness (QED) is 0.416. The van der Waals surface area contributed by atoms with Gasteiger partial charge in [-0.15, -0.1) is 0 Å². The van der Waals surface area contributed by atoms with Gasteiger partial charge in [-0.2, -0.15) is 0 Å². The van der Waals surface area contributed by atoms with E-state index in [2.05, 4.69) is 25.6 Å². The highest BCUT2D eigenvalue weighted by Crippen LogP contribution is 2.25. The van der Waals surface area contributed by atoms with Gasteiger partial charge >= 0.3 is 0 Å². The lowest BCUT2D eigenvalue weighted by molar-refractivity contribution is -0.119. The van der Waals surface area contributed by atoms with Crippen LogP contribution in [0.1, 0.15) is 30.8 Å². The number of aromatic nitrogens is 3. The van der Waals surface area contributed by atoms with Crippen molar-refractivity contribution in [2.75, 3.05) is 10.6 Å². The van der Waals surface area contributed by atoms with Gasteiger partial charge in [-0.05, 0) is 47.7 Å². The van der Waals surface area contributed by atoms with Crippen molar-refractivity contribution in [3.8, 4) is 11.1 Å². The zero-order valence-electron chi connectivity index (χ0n) is 17.4. The minimum atomic E-state index is -0.722. The molecule has 0 aliphatic rings. The highest BCUT2D eigenvalue weighted by Gasteiger charge is 2.19. The molecule has 0 bridgehead atoms. The Morgan fingerprint density at radius 3 is 2.45 bits per heavy atom. The number of nitrogens with one attached hydrogen (secondary N) is 2. The summed E-state index contributed by atoms with van der Waals surface area (Å²) in [5.74, 6) is -0.481. The van der Waals surface area contributed by atoms with E-state index in [1.807, 2.05) is 50.2 Å². The van der Waals surface area contributed by atoms with Crippen LogP contribution >= 0.6 is 0 Å². The Hall–Kier alpha value is -4.01. The second-order valence-electron chi connectivity index (χ2n) is 7.49. The van der Waals surface area contributed by atoms with Crippen LogP contribution in [0.4, 0.5) is 17.3 Å². The van der Waals surface area contributed by atoms with Gasteiger partial charge in [-0.25, -0.2) is 9.97 Å². The third kappa shape index (κ3) is 5.75. The third-order valence-electron chi connectivity index (χ3n) is 4.52. The van der Waals surface area contributed by atoms with Gasteiger partial charge in [-0.3, -0.25) is 14.6 Å². The number of pyridine rings is 1. The molecule has 0 fully saturated rings. The van der Waals surface area contributed by atoms with Gasteiger partial charge in [0, 0.05) is 18.1 Å². The van der Waals surface area contributed by atoms with E-state index >= 15 is 0 Å². The van der Waals surface area contributed by atoms with Gasteiger partial charge in [0.25, 0.3) is 5.91 Å². The zero-order valence-corrected chi connectivity index (χ0v) is 17.4. The van der Waals surface area contributed by atoms with E-state index in [4.69, 9.17) is 11.5 Å². The summed E-state index contributed by atoms with van der Waals surface area (Å²) in [6, 6.07) is 10.8. The number of anilines is 3. The molecule has 160 valence electrons. The van der Waals surface area contributed by atoms with E-state index in [-0.39, 0.29) is 17.4 Å². The van der Waals surface area contributed by atoms with Gasteiger partial charge in [0.15, 0.2) is 11.5 Å². The minimum Gasteiger partial charge on any atom is -0.368 e. The van der Waals surface area contributed by atoms with Crippen molar-refractivity contribution < 1.29 is 9.59 Å². The van der Waals surface area contributed by atoms with Crippen LogP contribution in [0.5, 0.6) is 0 Å². The van der Waals surface area contributed by atoms with Crippen LogP contribution in [0.3, 0.4) is 0 Å². The number of nitrogens with zero attached hydrogens (tertiary/aromatic N) is 3. The van der Waals surface area contributed by atoms with Gasteiger partial charge in [0.05, 0.1) is 6.20 Å². The van der Waals surface area contributed by atoms with Crippen LogP contribution < -0.4 is 22.1 Å². The van der Waals surface area contributed by atoms with Gasteiger partial charge in [-0.1, -0.05) is 26.0 Å². The van der Waals surface area contributed by atoms with Crippen molar-refractivity contribution in [1.29, 1.82) is 0 Å². The maximum Gasteiger partial charge on any atom is 0.271 e. The van der Waals surface area contributed by atoms with Crippen LogP contribution in [-0.2, 0) is 4.79 Å². The molecule has 0 saturated carbocycles. The Bertz CT molecular complexity index is 1070. The molecule has 0 radical (unpaired) electrons. The Morgan fingerprint density at radius 1 is 1.06 bits per heavy atom. The molecule has 0 saturated heterocycles. The minimum absolute atomic E-state index is 0.0145. The Morgan fingerprint density at radius 2 is 1.81 bits per heavy atom. The fraction of sp³-hybridized carbons (Fsp3) is 0.227. The van der Waals surface area contributed by atoms with E-state index in [1.54, 1.807) is 12.4 Å². The number of hydrogen-bond acceptors (Lipinski definition) is 7. The molecule has 6 N–H and O–H groups in total. The Kier molecular flexibility index (Phi) is 6.76. The van der Waals surface area contributed by atoms with Crippen LogP contribution in [0.25, 0.3) is 11.1 Å². The van der Waals surface area contributed by atoms with Crippen LogP contribution in [0.2, 0.25) is 0 Å². The molecule has 9 nitrogen and oxygen atoms in total. The van der Waals surface area contributed by atoms with Gasteiger partial charge in [0.2, 0.25) is 5.91 Å². The molecule has 2 amide bonds. The number of nitrogens with two attached hydrogens (primary N) is 2. The average molecular weight is 419 g/mol. The lowest BCUT2D eigenvalue weighted by Gasteiger charge is -2.19. The summed E-state index contributed by atoms with van der Waals surface area (Å²) < 4.78 is 0. The third-order valence-corrected chi connectivity index (χ3v) is 4.52. The van der Waals surface area contributed by atoms with E-state index in [9.17, 15) is 9.59 Å². The summed E-state index contributed by atoms with van der Waals surface area (Å²) in [7, 11) is 0. The lowest BCUT2D eigenvalue weighted by atomic mass is 10.0. The molecule has 3 rings (SSSR count). The first-order chi connectivity index (χ1) is 14.8. The Labute approximate surface area is 180 Å². The number of benzene rings is 1. The van der Waals surface area contributed by atoms with E-state index in [0.717, 1.165) is 11.1 Å². The van der Waals surface area contributed by atoms with E-state index in [0.29, 0.717) is 17.9 Å². The summed E-state index contributed by atoms with van der Waals surface area (Å²) in [6.07, 6.45) is 5.32. The zero-order chi connectivity index (χ0) is 22.4.